The highest BCUT2D eigenvalue weighted by Gasteiger charge is 2.43. The fourth-order valence-corrected chi connectivity index (χ4v) is 2.18. The first-order chi connectivity index (χ1) is 10.1. The molecule has 0 aromatic heterocycles. The SMILES string of the molecule is CCCOC1C(O)CC1Oc1ccc(OC)cc1[N+](=O)[O-]. The summed E-state index contributed by atoms with van der Waals surface area (Å²) >= 11 is 0. The molecule has 2 rings (SSSR count). The number of rotatable bonds is 7. The molecule has 0 heterocycles. The average molecular weight is 297 g/mol. The lowest BCUT2D eigenvalue weighted by atomic mass is 9.88. The van der Waals surface area contributed by atoms with Crippen LogP contribution in [0.2, 0.25) is 0 Å². The summed E-state index contributed by atoms with van der Waals surface area (Å²) in [7, 11) is 1.44. The van der Waals surface area contributed by atoms with Crippen LogP contribution in [0.5, 0.6) is 11.5 Å². The Morgan fingerprint density at radius 3 is 2.81 bits per heavy atom. The van der Waals surface area contributed by atoms with Gasteiger partial charge in [0.25, 0.3) is 0 Å². The number of nitro benzene ring substituents is 1. The van der Waals surface area contributed by atoms with Crippen LogP contribution in [0.4, 0.5) is 5.69 Å². The average Bonchev–Trinajstić information content (AvgIpc) is 2.47. The van der Waals surface area contributed by atoms with Crippen molar-refractivity contribution in [2.45, 2.75) is 38.1 Å². The Morgan fingerprint density at radius 1 is 1.48 bits per heavy atom. The van der Waals surface area contributed by atoms with Crippen LogP contribution in [-0.2, 0) is 4.74 Å². The van der Waals surface area contributed by atoms with Crippen molar-refractivity contribution in [3.63, 3.8) is 0 Å². The maximum absolute atomic E-state index is 11.1. The molecular weight excluding hydrogens is 278 g/mol. The Balaban J connectivity index is 2.10. The number of benzene rings is 1. The molecule has 0 bridgehead atoms. The number of aliphatic hydroxyl groups is 1. The highest BCUT2D eigenvalue weighted by atomic mass is 16.6. The summed E-state index contributed by atoms with van der Waals surface area (Å²) in [5.74, 6) is 0.546. The minimum atomic E-state index is -0.584. The van der Waals surface area contributed by atoms with Crippen LogP contribution in [0.1, 0.15) is 19.8 Å². The van der Waals surface area contributed by atoms with Crippen LogP contribution in [0.25, 0.3) is 0 Å². The molecule has 0 saturated heterocycles. The summed E-state index contributed by atoms with van der Waals surface area (Å²) in [4.78, 5) is 10.6. The van der Waals surface area contributed by atoms with Gasteiger partial charge in [-0.2, -0.15) is 0 Å². The van der Waals surface area contributed by atoms with E-state index in [1.807, 2.05) is 6.92 Å². The van der Waals surface area contributed by atoms with E-state index in [1.165, 1.54) is 19.2 Å². The molecule has 1 aromatic carbocycles. The van der Waals surface area contributed by atoms with E-state index in [9.17, 15) is 15.2 Å². The summed E-state index contributed by atoms with van der Waals surface area (Å²) in [5, 5.41) is 20.8. The smallest absolute Gasteiger partial charge is 0.314 e. The number of hydrogen-bond acceptors (Lipinski definition) is 6. The maximum Gasteiger partial charge on any atom is 0.314 e. The number of nitro groups is 1. The van der Waals surface area contributed by atoms with Gasteiger partial charge in [-0.25, -0.2) is 0 Å². The van der Waals surface area contributed by atoms with Gasteiger partial charge in [-0.1, -0.05) is 6.92 Å². The van der Waals surface area contributed by atoms with Crippen molar-refractivity contribution < 1.29 is 24.2 Å². The zero-order valence-electron chi connectivity index (χ0n) is 12.0. The largest absolute Gasteiger partial charge is 0.496 e. The summed E-state index contributed by atoms with van der Waals surface area (Å²) < 4.78 is 16.1. The molecule has 116 valence electrons. The normalized spacial score (nSPS) is 24.2. The lowest BCUT2D eigenvalue weighted by Gasteiger charge is -2.40. The van der Waals surface area contributed by atoms with E-state index in [0.29, 0.717) is 18.8 Å². The van der Waals surface area contributed by atoms with Gasteiger partial charge in [0.1, 0.15) is 18.0 Å². The van der Waals surface area contributed by atoms with Crippen LogP contribution in [0.3, 0.4) is 0 Å². The molecule has 1 N–H and O–H groups in total. The van der Waals surface area contributed by atoms with Gasteiger partial charge in [-0.3, -0.25) is 10.1 Å². The fraction of sp³-hybridized carbons (Fsp3) is 0.571. The molecule has 1 aromatic rings. The summed E-state index contributed by atoms with van der Waals surface area (Å²) in [6, 6.07) is 4.41. The zero-order chi connectivity index (χ0) is 15.4. The molecule has 0 aliphatic heterocycles. The molecule has 3 unspecified atom stereocenters. The molecule has 0 radical (unpaired) electrons. The minimum absolute atomic E-state index is 0.155. The molecule has 7 heteroatoms. The van der Waals surface area contributed by atoms with Crippen molar-refractivity contribution in [2.75, 3.05) is 13.7 Å². The second kappa shape index (κ2) is 6.73. The Bertz CT molecular complexity index is 506. The predicted molar refractivity (Wildman–Crippen MR) is 74.7 cm³/mol. The molecule has 7 nitrogen and oxygen atoms in total. The van der Waals surface area contributed by atoms with E-state index in [2.05, 4.69) is 0 Å². The number of ether oxygens (including phenoxy) is 3. The van der Waals surface area contributed by atoms with E-state index >= 15 is 0 Å². The zero-order valence-corrected chi connectivity index (χ0v) is 12.0. The van der Waals surface area contributed by atoms with E-state index in [4.69, 9.17) is 14.2 Å². The minimum Gasteiger partial charge on any atom is -0.496 e. The second-order valence-corrected chi connectivity index (χ2v) is 4.89. The highest BCUT2D eigenvalue weighted by Crippen LogP contribution is 2.36. The number of hydrogen-bond donors (Lipinski definition) is 1. The Kier molecular flexibility index (Phi) is 4.98. The van der Waals surface area contributed by atoms with Gasteiger partial charge in [-0.05, 0) is 18.6 Å². The molecule has 21 heavy (non-hydrogen) atoms. The summed E-state index contributed by atoms with van der Waals surface area (Å²) in [5.41, 5.74) is -0.162. The van der Waals surface area contributed by atoms with E-state index in [1.54, 1.807) is 6.07 Å². The monoisotopic (exact) mass is 297 g/mol. The van der Waals surface area contributed by atoms with Gasteiger partial charge in [0, 0.05) is 13.0 Å². The molecule has 1 saturated carbocycles. The van der Waals surface area contributed by atoms with Gasteiger partial charge in [0.05, 0.1) is 24.2 Å². The summed E-state index contributed by atoms with van der Waals surface area (Å²) in [6.07, 6.45) is -0.167. The molecule has 1 fully saturated rings. The van der Waals surface area contributed by atoms with Gasteiger partial charge >= 0.3 is 5.69 Å². The molecule has 1 aliphatic rings. The van der Waals surface area contributed by atoms with Gasteiger partial charge in [-0.15, -0.1) is 0 Å². The molecular formula is C14H19NO6. The number of nitrogens with zero attached hydrogens (tertiary/aromatic N) is 1. The van der Waals surface area contributed by atoms with Crippen molar-refractivity contribution in [1.29, 1.82) is 0 Å². The van der Waals surface area contributed by atoms with Crippen LogP contribution >= 0.6 is 0 Å². The Morgan fingerprint density at radius 2 is 2.24 bits per heavy atom. The number of methoxy groups -OCH3 is 1. The van der Waals surface area contributed by atoms with Crippen LogP contribution in [-0.4, -0.2) is 42.1 Å². The number of aliphatic hydroxyl groups excluding tert-OH is 1. The molecule has 0 amide bonds. The Hall–Kier alpha value is -1.86. The van der Waals surface area contributed by atoms with Crippen molar-refractivity contribution >= 4 is 5.69 Å². The topological polar surface area (TPSA) is 91.1 Å². The van der Waals surface area contributed by atoms with E-state index in [0.717, 1.165) is 6.42 Å². The maximum atomic E-state index is 11.1. The summed E-state index contributed by atoms with van der Waals surface area (Å²) in [6.45, 7) is 2.49. The fourth-order valence-electron chi connectivity index (χ4n) is 2.18. The van der Waals surface area contributed by atoms with Crippen molar-refractivity contribution in [1.82, 2.24) is 0 Å². The third kappa shape index (κ3) is 3.43. The lowest BCUT2D eigenvalue weighted by molar-refractivity contribution is -0.386. The molecule has 1 aliphatic carbocycles. The van der Waals surface area contributed by atoms with Gasteiger partial charge < -0.3 is 19.3 Å². The predicted octanol–water partition coefficient (Wildman–Crippen LogP) is 1.91. The Labute approximate surface area is 122 Å². The quantitative estimate of drug-likeness (QED) is 0.610. The van der Waals surface area contributed by atoms with Crippen molar-refractivity contribution in [3.8, 4) is 11.5 Å². The third-order valence-corrected chi connectivity index (χ3v) is 3.38. The van der Waals surface area contributed by atoms with Crippen LogP contribution in [0, 0.1) is 10.1 Å². The first-order valence-electron chi connectivity index (χ1n) is 6.85. The first-order valence-corrected chi connectivity index (χ1v) is 6.85. The van der Waals surface area contributed by atoms with Crippen LogP contribution in [0.15, 0.2) is 18.2 Å². The van der Waals surface area contributed by atoms with Crippen molar-refractivity contribution in [2.24, 2.45) is 0 Å². The first kappa shape index (κ1) is 15.5. The van der Waals surface area contributed by atoms with Crippen LogP contribution < -0.4 is 9.47 Å². The van der Waals surface area contributed by atoms with Crippen molar-refractivity contribution in [3.05, 3.63) is 28.3 Å². The highest BCUT2D eigenvalue weighted by molar-refractivity contribution is 5.51. The molecule has 0 spiro atoms. The third-order valence-electron chi connectivity index (χ3n) is 3.38. The van der Waals surface area contributed by atoms with E-state index in [-0.39, 0.29) is 17.5 Å². The standard InChI is InChI=1S/C14H19NO6/c1-3-6-20-14-11(16)8-13(14)21-12-5-4-9(19-2)7-10(12)15(17)18/h4-5,7,11,13-14,16H,3,6,8H2,1-2H3. The second-order valence-electron chi connectivity index (χ2n) is 4.89. The van der Waals surface area contributed by atoms with Gasteiger partial charge in [0.15, 0.2) is 5.75 Å². The molecule has 3 atom stereocenters. The van der Waals surface area contributed by atoms with E-state index < -0.39 is 17.1 Å². The van der Waals surface area contributed by atoms with Gasteiger partial charge in [0.2, 0.25) is 0 Å². The lowest BCUT2D eigenvalue weighted by Crippen LogP contribution is -2.55.